The molecule has 0 unspecified atom stereocenters. The first-order valence-electron chi connectivity index (χ1n) is 4.70. The SMILES string of the molecule is CCC(C)(C)N.CCC(C)(C)N. The van der Waals surface area contributed by atoms with Crippen LogP contribution in [0.3, 0.4) is 0 Å². The summed E-state index contributed by atoms with van der Waals surface area (Å²) in [5.74, 6) is 0. The first-order valence-corrected chi connectivity index (χ1v) is 4.70. The molecule has 0 saturated carbocycles. The molecule has 0 aliphatic rings. The Bertz CT molecular complexity index is 81.4. The molecule has 0 amide bonds. The minimum Gasteiger partial charge on any atom is -0.326 e. The van der Waals surface area contributed by atoms with Crippen LogP contribution >= 0.6 is 0 Å². The van der Waals surface area contributed by atoms with Gasteiger partial charge in [-0.05, 0) is 40.5 Å². The van der Waals surface area contributed by atoms with Crippen molar-refractivity contribution in [1.82, 2.24) is 0 Å². The molecule has 2 nitrogen and oxygen atoms in total. The van der Waals surface area contributed by atoms with Gasteiger partial charge in [-0.2, -0.15) is 0 Å². The van der Waals surface area contributed by atoms with E-state index < -0.39 is 0 Å². The second kappa shape index (κ2) is 5.55. The van der Waals surface area contributed by atoms with Crippen molar-refractivity contribution in [2.75, 3.05) is 0 Å². The fourth-order valence-corrected chi connectivity index (χ4v) is 0. The molecule has 4 N–H and O–H groups in total. The molecule has 0 fully saturated rings. The summed E-state index contributed by atoms with van der Waals surface area (Å²) in [4.78, 5) is 0. The van der Waals surface area contributed by atoms with Gasteiger partial charge in [-0.15, -0.1) is 0 Å². The van der Waals surface area contributed by atoms with Gasteiger partial charge < -0.3 is 11.5 Å². The summed E-state index contributed by atoms with van der Waals surface area (Å²) in [7, 11) is 0. The van der Waals surface area contributed by atoms with Crippen molar-refractivity contribution in [1.29, 1.82) is 0 Å². The molecule has 0 atom stereocenters. The van der Waals surface area contributed by atoms with Crippen molar-refractivity contribution in [3.8, 4) is 0 Å². The van der Waals surface area contributed by atoms with E-state index in [0.717, 1.165) is 12.8 Å². The molecular weight excluding hydrogens is 148 g/mol. The van der Waals surface area contributed by atoms with Gasteiger partial charge in [0.25, 0.3) is 0 Å². The third-order valence-corrected chi connectivity index (χ3v) is 1.82. The molecule has 0 aliphatic carbocycles. The van der Waals surface area contributed by atoms with Crippen LogP contribution in [0.4, 0.5) is 0 Å². The summed E-state index contributed by atoms with van der Waals surface area (Å²) in [6.45, 7) is 12.3. The summed E-state index contributed by atoms with van der Waals surface area (Å²) in [6.07, 6.45) is 2.10. The largest absolute Gasteiger partial charge is 0.326 e. The highest BCUT2D eigenvalue weighted by Gasteiger charge is 2.04. The Morgan fingerprint density at radius 3 is 0.833 bits per heavy atom. The molecule has 76 valence electrons. The molecule has 0 aromatic rings. The van der Waals surface area contributed by atoms with Crippen LogP contribution in [0, 0.1) is 0 Å². The Morgan fingerprint density at radius 2 is 0.833 bits per heavy atom. The molecule has 0 aromatic carbocycles. The Hall–Kier alpha value is -0.0800. The van der Waals surface area contributed by atoms with Crippen molar-refractivity contribution >= 4 is 0 Å². The first-order chi connectivity index (χ1) is 5.12. The maximum Gasteiger partial charge on any atom is 0.00944 e. The molecule has 0 rings (SSSR count). The van der Waals surface area contributed by atoms with E-state index in [9.17, 15) is 0 Å². The highest BCUT2D eigenvalue weighted by Crippen LogP contribution is 1.99. The van der Waals surface area contributed by atoms with Crippen LogP contribution in [0.2, 0.25) is 0 Å². The maximum absolute atomic E-state index is 5.53. The zero-order chi connectivity index (χ0) is 10.4. The Labute approximate surface area is 77.7 Å². The normalized spacial score (nSPS) is 12.0. The van der Waals surface area contributed by atoms with Crippen molar-refractivity contribution in [2.45, 2.75) is 65.5 Å². The predicted molar refractivity (Wildman–Crippen MR) is 57.1 cm³/mol. The second-order valence-electron chi connectivity index (χ2n) is 4.68. The lowest BCUT2D eigenvalue weighted by atomic mass is 10.1. The van der Waals surface area contributed by atoms with Gasteiger partial charge in [0.2, 0.25) is 0 Å². The fourth-order valence-electron chi connectivity index (χ4n) is 0. The molecule has 0 spiro atoms. The lowest BCUT2D eigenvalue weighted by Gasteiger charge is -2.13. The zero-order valence-corrected chi connectivity index (χ0v) is 9.57. The molecular formula is C10H26N2. The van der Waals surface area contributed by atoms with Gasteiger partial charge in [0.05, 0.1) is 0 Å². The third kappa shape index (κ3) is 22.5. The van der Waals surface area contributed by atoms with Gasteiger partial charge >= 0.3 is 0 Å². The van der Waals surface area contributed by atoms with E-state index in [1.54, 1.807) is 0 Å². The summed E-state index contributed by atoms with van der Waals surface area (Å²) in [5.41, 5.74) is 11.2. The molecule has 2 heteroatoms. The summed E-state index contributed by atoms with van der Waals surface area (Å²) in [5, 5.41) is 0. The highest BCUT2D eigenvalue weighted by molar-refractivity contribution is 4.67. The maximum atomic E-state index is 5.53. The fraction of sp³-hybridized carbons (Fsp3) is 1.00. The number of hydrogen-bond acceptors (Lipinski definition) is 2. The quantitative estimate of drug-likeness (QED) is 0.674. The van der Waals surface area contributed by atoms with E-state index in [-0.39, 0.29) is 11.1 Å². The Morgan fingerprint density at radius 1 is 0.750 bits per heavy atom. The van der Waals surface area contributed by atoms with Crippen molar-refractivity contribution in [3.05, 3.63) is 0 Å². The van der Waals surface area contributed by atoms with Crippen molar-refractivity contribution < 1.29 is 0 Å². The standard InChI is InChI=1S/2C5H13N/c2*1-4-5(2,3)6/h2*4,6H2,1-3H3. The van der Waals surface area contributed by atoms with Gasteiger partial charge in [-0.1, -0.05) is 13.8 Å². The minimum absolute atomic E-state index is 0.0417. The molecule has 0 heterocycles. The van der Waals surface area contributed by atoms with Crippen molar-refractivity contribution in [2.24, 2.45) is 11.5 Å². The molecule has 0 aliphatic heterocycles. The van der Waals surface area contributed by atoms with Crippen LogP contribution in [-0.2, 0) is 0 Å². The molecule has 0 bridgehead atoms. The molecule has 0 saturated heterocycles. The topological polar surface area (TPSA) is 52.0 Å². The number of hydrogen-bond donors (Lipinski definition) is 2. The van der Waals surface area contributed by atoms with Crippen LogP contribution in [-0.4, -0.2) is 11.1 Å². The van der Waals surface area contributed by atoms with Crippen LogP contribution < -0.4 is 11.5 Å². The average Bonchev–Trinajstić information content (AvgIpc) is 1.86. The van der Waals surface area contributed by atoms with Gasteiger partial charge in [0, 0.05) is 11.1 Å². The Kier molecular flexibility index (Phi) is 6.68. The Balaban J connectivity index is 0. The minimum atomic E-state index is 0.0417. The van der Waals surface area contributed by atoms with Crippen molar-refractivity contribution in [3.63, 3.8) is 0 Å². The van der Waals surface area contributed by atoms with E-state index in [0.29, 0.717) is 0 Å². The van der Waals surface area contributed by atoms with Crippen LogP contribution in [0.15, 0.2) is 0 Å². The van der Waals surface area contributed by atoms with E-state index in [2.05, 4.69) is 13.8 Å². The summed E-state index contributed by atoms with van der Waals surface area (Å²) < 4.78 is 0. The number of nitrogens with two attached hydrogens (primary N) is 2. The number of rotatable bonds is 2. The predicted octanol–water partition coefficient (Wildman–Crippen LogP) is 2.27. The first kappa shape index (κ1) is 14.4. The van der Waals surface area contributed by atoms with Gasteiger partial charge in [0.1, 0.15) is 0 Å². The third-order valence-electron chi connectivity index (χ3n) is 1.82. The van der Waals surface area contributed by atoms with E-state index in [1.807, 2.05) is 27.7 Å². The molecule has 12 heavy (non-hydrogen) atoms. The summed E-state index contributed by atoms with van der Waals surface area (Å²) >= 11 is 0. The molecule has 0 aromatic heterocycles. The van der Waals surface area contributed by atoms with E-state index in [1.165, 1.54) is 0 Å². The molecule has 0 radical (unpaired) electrons. The van der Waals surface area contributed by atoms with Gasteiger partial charge in [-0.25, -0.2) is 0 Å². The smallest absolute Gasteiger partial charge is 0.00944 e. The van der Waals surface area contributed by atoms with E-state index >= 15 is 0 Å². The highest BCUT2D eigenvalue weighted by atomic mass is 14.7. The van der Waals surface area contributed by atoms with E-state index in [4.69, 9.17) is 11.5 Å². The van der Waals surface area contributed by atoms with Crippen LogP contribution in [0.25, 0.3) is 0 Å². The lowest BCUT2D eigenvalue weighted by molar-refractivity contribution is 0.501. The summed E-state index contributed by atoms with van der Waals surface area (Å²) in [6, 6.07) is 0. The van der Waals surface area contributed by atoms with Crippen LogP contribution in [0.1, 0.15) is 54.4 Å². The van der Waals surface area contributed by atoms with Crippen LogP contribution in [0.5, 0.6) is 0 Å². The zero-order valence-electron chi connectivity index (χ0n) is 9.57. The second-order valence-corrected chi connectivity index (χ2v) is 4.68. The monoisotopic (exact) mass is 174 g/mol. The van der Waals surface area contributed by atoms with Gasteiger partial charge in [-0.3, -0.25) is 0 Å². The van der Waals surface area contributed by atoms with Gasteiger partial charge in [0.15, 0.2) is 0 Å². The average molecular weight is 174 g/mol. The lowest BCUT2D eigenvalue weighted by Crippen LogP contribution is -2.30.